The normalized spacial score (nSPS) is 12.2. The minimum atomic E-state index is -0.992. The van der Waals surface area contributed by atoms with Gasteiger partial charge in [-0.3, -0.25) is 0 Å². The summed E-state index contributed by atoms with van der Waals surface area (Å²) in [6.45, 7) is 5.94. The third kappa shape index (κ3) is 2.65. The maximum absolute atomic E-state index is 10.3. The molecule has 0 aromatic carbocycles. The van der Waals surface area contributed by atoms with E-state index in [1.807, 2.05) is 20.8 Å². The zero-order chi connectivity index (χ0) is 13.3. The molecule has 0 atom stereocenters. The summed E-state index contributed by atoms with van der Waals surface area (Å²) in [4.78, 5) is 11.0. The Labute approximate surface area is 107 Å². The lowest BCUT2D eigenvalue weighted by atomic mass is 9.96. The number of hydrogen-bond acceptors (Lipinski definition) is 6. The molecule has 0 bridgehead atoms. The van der Waals surface area contributed by atoms with E-state index < -0.39 is 5.97 Å². The first-order valence-corrected chi connectivity index (χ1v) is 6.20. The first-order valence-electron chi connectivity index (χ1n) is 5.39. The molecule has 2 aromatic heterocycles. The highest BCUT2D eigenvalue weighted by Gasteiger charge is 2.23. The Morgan fingerprint density at radius 3 is 2.78 bits per heavy atom. The molecule has 7 nitrogen and oxygen atoms in total. The number of hydrogen-bond donors (Lipinski definition) is 1. The van der Waals surface area contributed by atoms with Crippen molar-refractivity contribution in [3.05, 3.63) is 10.8 Å². The van der Waals surface area contributed by atoms with E-state index in [0.717, 1.165) is 5.82 Å². The van der Waals surface area contributed by atoms with Crippen LogP contribution in [0.1, 0.15) is 31.6 Å². The van der Waals surface area contributed by atoms with Crippen molar-refractivity contribution < 1.29 is 14.6 Å². The van der Waals surface area contributed by atoms with E-state index in [9.17, 15) is 4.79 Å². The summed E-state index contributed by atoms with van der Waals surface area (Å²) >= 11 is 1.35. The molecule has 2 rings (SSSR count). The van der Waals surface area contributed by atoms with Crippen LogP contribution in [-0.2, 0) is 21.6 Å². The maximum atomic E-state index is 10.3. The summed E-state index contributed by atoms with van der Waals surface area (Å²) in [5.74, 6) is -0.216. The van der Waals surface area contributed by atoms with Gasteiger partial charge < -0.3 is 9.84 Å². The van der Waals surface area contributed by atoms with Crippen LogP contribution in [-0.4, -0.2) is 37.5 Å². The van der Waals surface area contributed by atoms with Crippen molar-refractivity contribution in [2.24, 2.45) is 0 Å². The largest absolute Gasteiger partial charge is 0.480 e. The van der Waals surface area contributed by atoms with Crippen LogP contribution in [0.4, 0.5) is 0 Å². The van der Waals surface area contributed by atoms with Crippen molar-refractivity contribution in [2.45, 2.75) is 32.8 Å². The number of aliphatic carboxylic acids is 1. The Morgan fingerprint density at radius 2 is 2.17 bits per heavy atom. The van der Waals surface area contributed by atoms with Crippen LogP contribution < -0.4 is 0 Å². The quantitative estimate of drug-likeness (QED) is 0.894. The zero-order valence-corrected chi connectivity index (χ0v) is 11.2. The molecule has 18 heavy (non-hydrogen) atoms. The first-order chi connectivity index (χ1) is 8.38. The molecule has 0 radical (unpaired) electrons. The van der Waals surface area contributed by atoms with E-state index in [2.05, 4.69) is 15.3 Å². The molecule has 0 aliphatic rings. The van der Waals surface area contributed by atoms with Gasteiger partial charge in [-0.2, -0.15) is 9.61 Å². The molecule has 98 valence electrons. The van der Waals surface area contributed by atoms with Crippen molar-refractivity contribution in [3.8, 4) is 0 Å². The first kappa shape index (κ1) is 12.9. The molecule has 8 heteroatoms. The molecule has 0 aliphatic carbocycles. The second-order valence-corrected chi connectivity index (χ2v) is 5.89. The fourth-order valence-corrected chi connectivity index (χ4v) is 2.18. The minimum absolute atomic E-state index is 0.146. The maximum Gasteiger partial charge on any atom is 0.329 e. The number of nitrogens with zero attached hydrogens (tertiary/aromatic N) is 4. The van der Waals surface area contributed by atoms with Crippen molar-refractivity contribution in [1.82, 2.24) is 19.8 Å². The number of carbonyl (C=O) groups is 1. The van der Waals surface area contributed by atoms with Gasteiger partial charge >= 0.3 is 5.97 Å². The number of rotatable bonds is 4. The van der Waals surface area contributed by atoms with Gasteiger partial charge in [0, 0.05) is 5.41 Å². The fourth-order valence-electron chi connectivity index (χ4n) is 1.41. The van der Waals surface area contributed by atoms with Gasteiger partial charge in [-0.1, -0.05) is 32.1 Å². The highest BCUT2D eigenvalue weighted by atomic mass is 32.1. The van der Waals surface area contributed by atoms with E-state index in [1.165, 1.54) is 11.3 Å². The number of carboxylic acids is 1. The van der Waals surface area contributed by atoms with E-state index >= 15 is 0 Å². The SMILES string of the molecule is CC(C)(C)c1nnc2sc(COCC(=O)O)nn12. The summed E-state index contributed by atoms with van der Waals surface area (Å²) < 4.78 is 6.68. The summed E-state index contributed by atoms with van der Waals surface area (Å²) in [6, 6.07) is 0. The second-order valence-electron chi connectivity index (χ2n) is 4.85. The molecule has 2 heterocycles. The molecule has 2 aromatic rings. The number of aromatic nitrogens is 4. The minimum Gasteiger partial charge on any atom is -0.480 e. The van der Waals surface area contributed by atoms with Crippen LogP contribution in [0.15, 0.2) is 0 Å². The average Bonchev–Trinajstić information content (AvgIpc) is 2.73. The van der Waals surface area contributed by atoms with Gasteiger partial charge in [-0.05, 0) is 0 Å². The van der Waals surface area contributed by atoms with Crippen molar-refractivity contribution in [1.29, 1.82) is 0 Å². The van der Waals surface area contributed by atoms with E-state index in [4.69, 9.17) is 9.84 Å². The van der Waals surface area contributed by atoms with E-state index in [-0.39, 0.29) is 18.6 Å². The van der Waals surface area contributed by atoms with Gasteiger partial charge in [0.1, 0.15) is 18.2 Å². The van der Waals surface area contributed by atoms with Gasteiger partial charge in [-0.15, -0.1) is 10.2 Å². The van der Waals surface area contributed by atoms with Crippen LogP contribution in [0.2, 0.25) is 0 Å². The highest BCUT2D eigenvalue weighted by molar-refractivity contribution is 7.16. The molecule has 0 aliphatic heterocycles. The summed E-state index contributed by atoms with van der Waals surface area (Å²) in [7, 11) is 0. The Hall–Kier alpha value is -1.54. The van der Waals surface area contributed by atoms with Gasteiger partial charge in [-0.25, -0.2) is 4.79 Å². The van der Waals surface area contributed by atoms with Crippen molar-refractivity contribution in [3.63, 3.8) is 0 Å². The van der Waals surface area contributed by atoms with Crippen LogP contribution in [0, 0.1) is 0 Å². The van der Waals surface area contributed by atoms with Gasteiger partial charge in [0.25, 0.3) is 0 Å². The lowest BCUT2D eigenvalue weighted by molar-refractivity contribution is -0.142. The number of carboxylic acid groups (broad SMARTS) is 1. The van der Waals surface area contributed by atoms with Crippen molar-refractivity contribution in [2.75, 3.05) is 6.61 Å². The Kier molecular flexibility index (Phi) is 3.31. The predicted octanol–water partition coefficient (Wildman–Crippen LogP) is 1.08. The van der Waals surface area contributed by atoms with Gasteiger partial charge in [0.05, 0.1) is 0 Å². The predicted molar refractivity (Wildman–Crippen MR) is 64.7 cm³/mol. The molecule has 1 N–H and O–H groups in total. The molecular formula is C10H14N4O3S. The molecular weight excluding hydrogens is 256 g/mol. The monoisotopic (exact) mass is 270 g/mol. The van der Waals surface area contributed by atoms with E-state index in [0.29, 0.717) is 9.97 Å². The fraction of sp³-hybridized carbons (Fsp3) is 0.600. The molecule has 0 amide bonds. The van der Waals surface area contributed by atoms with E-state index in [1.54, 1.807) is 4.52 Å². The lowest BCUT2D eigenvalue weighted by Crippen LogP contribution is -2.16. The Morgan fingerprint density at radius 1 is 1.44 bits per heavy atom. The van der Waals surface area contributed by atoms with Crippen LogP contribution in [0.25, 0.3) is 4.96 Å². The molecule has 0 saturated heterocycles. The van der Waals surface area contributed by atoms with Crippen LogP contribution in [0.5, 0.6) is 0 Å². The molecule has 0 unspecified atom stereocenters. The number of fused-ring (bicyclic) bond motifs is 1. The number of ether oxygens (including phenoxy) is 1. The van der Waals surface area contributed by atoms with Crippen LogP contribution >= 0.6 is 11.3 Å². The third-order valence-electron chi connectivity index (χ3n) is 2.15. The highest BCUT2D eigenvalue weighted by Crippen LogP contribution is 2.23. The average molecular weight is 270 g/mol. The lowest BCUT2D eigenvalue weighted by Gasteiger charge is -2.13. The Balaban J connectivity index is 2.18. The van der Waals surface area contributed by atoms with Crippen LogP contribution in [0.3, 0.4) is 0 Å². The molecule has 0 fully saturated rings. The zero-order valence-electron chi connectivity index (χ0n) is 10.4. The van der Waals surface area contributed by atoms with Gasteiger partial charge in [0.2, 0.25) is 4.96 Å². The van der Waals surface area contributed by atoms with Gasteiger partial charge in [0.15, 0.2) is 5.82 Å². The third-order valence-corrected chi connectivity index (χ3v) is 3.03. The van der Waals surface area contributed by atoms with Crippen molar-refractivity contribution >= 4 is 22.3 Å². The standard InChI is InChI=1S/C10H14N4O3S/c1-10(2,3)8-11-12-9-14(8)13-6(18-9)4-17-5-7(15)16/h4-5H2,1-3H3,(H,15,16). The Bertz CT molecular complexity index is 569. The molecule has 0 saturated carbocycles. The topological polar surface area (TPSA) is 89.6 Å². The summed E-state index contributed by atoms with van der Waals surface area (Å²) in [6.07, 6.45) is 0. The molecule has 0 spiro atoms. The summed E-state index contributed by atoms with van der Waals surface area (Å²) in [5.41, 5.74) is -0.146. The summed E-state index contributed by atoms with van der Waals surface area (Å²) in [5, 5.41) is 21.6. The smallest absolute Gasteiger partial charge is 0.329 e. The second kappa shape index (κ2) is 4.62.